The zero-order valence-corrected chi connectivity index (χ0v) is 14.0. The number of hydrogen-bond donors (Lipinski definition) is 3. The standard InChI is InChI=1S/C16H24BrNO3/c1-11-6-7-16(13(17)8-11)21-10-12(19)9-18-14-4-2-3-5-15(14)20/h6-8,12,14-15,18-20H,2-5,9-10H2,1H3. The van der Waals surface area contributed by atoms with Crippen LogP contribution in [0.4, 0.5) is 0 Å². The minimum absolute atomic E-state index is 0.0968. The van der Waals surface area contributed by atoms with Crippen molar-refractivity contribution in [2.24, 2.45) is 0 Å². The second-order valence-corrected chi connectivity index (χ2v) is 6.62. The van der Waals surface area contributed by atoms with Crippen LogP contribution in [-0.2, 0) is 0 Å². The molecule has 0 radical (unpaired) electrons. The largest absolute Gasteiger partial charge is 0.490 e. The van der Waals surface area contributed by atoms with E-state index in [0.29, 0.717) is 6.54 Å². The first-order valence-corrected chi connectivity index (χ1v) is 8.34. The average molecular weight is 358 g/mol. The molecular weight excluding hydrogens is 334 g/mol. The number of ether oxygens (including phenoxy) is 1. The van der Waals surface area contributed by atoms with Gasteiger partial charge in [0.2, 0.25) is 0 Å². The van der Waals surface area contributed by atoms with Crippen LogP contribution in [0.25, 0.3) is 0 Å². The van der Waals surface area contributed by atoms with E-state index >= 15 is 0 Å². The Balaban J connectivity index is 1.73. The Morgan fingerprint density at radius 2 is 2.14 bits per heavy atom. The Labute approximate surface area is 134 Å². The summed E-state index contributed by atoms with van der Waals surface area (Å²) < 4.78 is 6.51. The maximum absolute atomic E-state index is 9.99. The van der Waals surface area contributed by atoms with Crippen molar-refractivity contribution < 1.29 is 14.9 Å². The highest BCUT2D eigenvalue weighted by Gasteiger charge is 2.23. The minimum atomic E-state index is -0.590. The maximum atomic E-state index is 9.99. The van der Waals surface area contributed by atoms with Crippen molar-refractivity contribution in [3.8, 4) is 5.75 Å². The number of benzene rings is 1. The monoisotopic (exact) mass is 357 g/mol. The van der Waals surface area contributed by atoms with Crippen LogP contribution in [0.1, 0.15) is 31.2 Å². The van der Waals surface area contributed by atoms with Crippen LogP contribution in [0.5, 0.6) is 5.75 Å². The first-order valence-electron chi connectivity index (χ1n) is 7.54. The molecule has 0 bridgehead atoms. The third-order valence-electron chi connectivity index (χ3n) is 3.86. The van der Waals surface area contributed by atoms with Gasteiger partial charge in [0.25, 0.3) is 0 Å². The second-order valence-electron chi connectivity index (χ2n) is 5.77. The van der Waals surface area contributed by atoms with Crippen molar-refractivity contribution in [3.05, 3.63) is 28.2 Å². The van der Waals surface area contributed by atoms with Gasteiger partial charge >= 0.3 is 0 Å². The van der Waals surface area contributed by atoms with E-state index in [1.807, 2.05) is 25.1 Å². The van der Waals surface area contributed by atoms with E-state index in [2.05, 4.69) is 21.2 Å². The predicted molar refractivity (Wildman–Crippen MR) is 86.6 cm³/mol. The van der Waals surface area contributed by atoms with E-state index in [4.69, 9.17) is 4.74 Å². The van der Waals surface area contributed by atoms with Gasteiger partial charge < -0.3 is 20.3 Å². The number of aliphatic hydroxyl groups is 2. The van der Waals surface area contributed by atoms with E-state index in [1.165, 1.54) is 0 Å². The molecule has 0 saturated heterocycles. The molecule has 2 rings (SSSR count). The van der Waals surface area contributed by atoms with Crippen LogP contribution in [0, 0.1) is 6.92 Å². The highest BCUT2D eigenvalue weighted by atomic mass is 79.9. The van der Waals surface area contributed by atoms with Crippen molar-refractivity contribution in [2.45, 2.75) is 50.9 Å². The van der Waals surface area contributed by atoms with Gasteiger partial charge in [-0.15, -0.1) is 0 Å². The summed E-state index contributed by atoms with van der Waals surface area (Å²) >= 11 is 3.45. The lowest BCUT2D eigenvalue weighted by Gasteiger charge is -2.29. The normalized spacial score (nSPS) is 23.8. The lowest BCUT2D eigenvalue weighted by molar-refractivity contribution is 0.0671. The molecule has 1 fully saturated rings. The minimum Gasteiger partial charge on any atom is -0.490 e. The molecule has 1 aromatic carbocycles. The van der Waals surface area contributed by atoms with E-state index in [-0.39, 0.29) is 18.8 Å². The summed E-state index contributed by atoms with van der Waals surface area (Å²) in [6.45, 7) is 2.69. The first-order chi connectivity index (χ1) is 10.1. The summed E-state index contributed by atoms with van der Waals surface area (Å²) in [4.78, 5) is 0. The smallest absolute Gasteiger partial charge is 0.133 e. The number of hydrogen-bond acceptors (Lipinski definition) is 4. The van der Waals surface area contributed by atoms with Gasteiger partial charge in [-0.1, -0.05) is 18.9 Å². The van der Waals surface area contributed by atoms with Gasteiger partial charge in [-0.3, -0.25) is 0 Å². The summed E-state index contributed by atoms with van der Waals surface area (Å²) in [5, 5.41) is 23.1. The van der Waals surface area contributed by atoms with Crippen LogP contribution in [-0.4, -0.2) is 41.6 Å². The maximum Gasteiger partial charge on any atom is 0.133 e. The molecule has 1 aliphatic carbocycles. The zero-order chi connectivity index (χ0) is 15.2. The van der Waals surface area contributed by atoms with Crippen molar-refractivity contribution in [2.75, 3.05) is 13.2 Å². The Kier molecular flexibility index (Phi) is 6.48. The molecule has 0 aliphatic heterocycles. The second kappa shape index (κ2) is 8.13. The van der Waals surface area contributed by atoms with Crippen molar-refractivity contribution in [1.82, 2.24) is 5.32 Å². The molecule has 118 valence electrons. The fourth-order valence-corrected chi connectivity index (χ4v) is 3.21. The molecular formula is C16H24BrNO3. The summed E-state index contributed by atoms with van der Waals surface area (Å²) in [6.07, 6.45) is 3.16. The zero-order valence-electron chi connectivity index (χ0n) is 12.4. The highest BCUT2D eigenvalue weighted by Crippen LogP contribution is 2.25. The van der Waals surface area contributed by atoms with Gasteiger partial charge in [0.05, 0.1) is 10.6 Å². The van der Waals surface area contributed by atoms with Gasteiger partial charge in [-0.2, -0.15) is 0 Å². The molecule has 0 heterocycles. The van der Waals surface area contributed by atoms with Crippen molar-refractivity contribution in [3.63, 3.8) is 0 Å². The Hall–Kier alpha value is -0.620. The van der Waals surface area contributed by atoms with Gasteiger partial charge in [-0.05, 0) is 53.4 Å². The van der Waals surface area contributed by atoms with Crippen LogP contribution >= 0.6 is 15.9 Å². The molecule has 0 aromatic heterocycles. The van der Waals surface area contributed by atoms with Crippen LogP contribution in [0.15, 0.2) is 22.7 Å². The summed E-state index contributed by atoms with van der Waals surface area (Å²) in [6, 6.07) is 5.95. The molecule has 21 heavy (non-hydrogen) atoms. The summed E-state index contributed by atoms with van der Waals surface area (Å²) in [5.74, 6) is 0.734. The predicted octanol–water partition coefficient (Wildman–Crippen LogP) is 2.39. The van der Waals surface area contributed by atoms with E-state index in [1.54, 1.807) is 0 Å². The molecule has 3 atom stereocenters. The fraction of sp³-hybridized carbons (Fsp3) is 0.625. The fourth-order valence-electron chi connectivity index (χ4n) is 2.60. The van der Waals surface area contributed by atoms with Crippen LogP contribution in [0.3, 0.4) is 0 Å². The molecule has 0 amide bonds. The number of nitrogens with one attached hydrogen (secondary N) is 1. The summed E-state index contributed by atoms with van der Waals surface area (Å²) in [7, 11) is 0. The molecule has 3 N–H and O–H groups in total. The molecule has 1 aromatic rings. The third-order valence-corrected chi connectivity index (χ3v) is 4.48. The molecule has 0 spiro atoms. The van der Waals surface area contributed by atoms with Gasteiger partial charge in [0, 0.05) is 12.6 Å². The van der Waals surface area contributed by atoms with Crippen LogP contribution in [0.2, 0.25) is 0 Å². The Morgan fingerprint density at radius 3 is 2.86 bits per heavy atom. The SMILES string of the molecule is Cc1ccc(OCC(O)CNC2CCCCC2O)c(Br)c1. The average Bonchev–Trinajstić information content (AvgIpc) is 2.45. The topological polar surface area (TPSA) is 61.7 Å². The Bertz CT molecular complexity index is 455. The molecule has 1 saturated carbocycles. The van der Waals surface area contributed by atoms with Gasteiger partial charge in [-0.25, -0.2) is 0 Å². The van der Waals surface area contributed by atoms with Crippen molar-refractivity contribution >= 4 is 15.9 Å². The number of aryl methyl sites for hydroxylation is 1. The van der Waals surface area contributed by atoms with Gasteiger partial charge in [0.15, 0.2) is 0 Å². The van der Waals surface area contributed by atoms with E-state index in [0.717, 1.165) is 41.5 Å². The van der Waals surface area contributed by atoms with Gasteiger partial charge in [0.1, 0.15) is 18.5 Å². The van der Waals surface area contributed by atoms with Crippen molar-refractivity contribution in [1.29, 1.82) is 0 Å². The molecule has 4 nitrogen and oxygen atoms in total. The lowest BCUT2D eigenvalue weighted by atomic mass is 9.92. The number of aliphatic hydroxyl groups excluding tert-OH is 2. The third kappa shape index (κ3) is 5.25. The quantitative estimate of drug-likeness (QED) is 0.731. The van der Waals surface area contributed by atoms with Crippen LogP contribution < -0.4 is 10.1 Å². The molecule has 5 heteroatoms. The number of halogens is 1. The Morgan fingerprint density at radius 1 is 1.38 bits per heavy atom. The number of rotatable bonds is 6. The summed E-state index contributed by atoms with van der Waals surface area (Å²) in [5.41, 5.74) is 1.16. The lowest BCUT2D eigenvalue weighted by Crippen LogP contribution is -2.45. The molecule has 1 aliphatic rings. The molecule has 3 unspecified atom stereocenters. The van der Waals surface area contributed by atoms with E-state index in [9.17, 15) is 10.2 Å². The first kappa shape index (κ1) is 16.7. The van der Waals surface area contributed by atoms with E-state index < -0.39 is 6.10 Å². The highest BCUT2D eigenvalue weighted by molar-refractivity contribution is 9.10.